The van der Waals surface area contributed by atoms with Crippen LogP contribution in [0.3, 0.4) is 0 Å². The summed E-state index contributed by atoms with van der Waals surface area (Å²) >= 11 is 0. The first-order valence-electron chi connectivity index (χ1n) is 10.5. The second kappa shape index (κ2) is 9.78. The molecular formula is C23H25F2N5O. The van der Waals surface area contributed by atoms with Gasteiger partial charge in [0.05, 0.1) is 6.42 Å². The smallest absolute Gasteiger partial charge is 0.224 e. The quantitative estimate of drug-likeness (QED) is 0.632. The molecule has 1 amide bonds. The number of aromatic nitrogens is 3. The van der Waals surface area contributed by atoms with E-state index in [0.29, 0.717) is 19.5 Å². The number of rotatable bonds is 7. The van der Waals surface area contributed by atoms with Crippen molar-refractivity contribution in [2.45, 2.75) is 32.4 Å². The van der Waals surface area contributed by atoms with Crippen LogP contribution in [0.25, 0.3) is 0 Å². The van der Waals surface area contributed by atoms with E-state index in [-0.39, 0.29) is 24.0 Å². The monoisotopic (exact) mass is 425 g/mol. The van der Waals surface area contributed by atoms with Crippen molar-refractivity contribution >= 4 is 5.91 Å². The van der Waals surface area contributed by atoms with Crippen LogP contribution < -0.4 is 5.32 Å². The van der Waals surface area contributed by atoms with Crippen LogP contribution in [0.5, 0.6) is 0 Å². The molecule has 0 fully saturated rings. The Bertz CT molecular complexity index is 1030. The molecule has 8 heteroatoms. The molecule has 3 aromatic rings. The van der Waals surface area contributed by atoms with Gasteiger partial charge in [-0.25, -0.2) is 8.78 Å². The van der Waals surface area contributed by atoms with E-state index >= 15 is 0 Å². The van der Waals surface area contributed by atoms with E-state index < -0.39 is 0 Å². The van der Waals surface area contributed by atoms with Crippen molar-refractivity contribution in [1.29, 1.82) is 0 Å². The average Bonchev–Trinajstić information content (AvgIpc) is 3.02. The largest absolute Gasteiger partial charge is 0.355 e. The number of nitrogens with zero attached hydrogens (tertiary/aromatic N) is 4. The van der Waals surface area contributed by atoms with Gasteiger partial charge in [0.2, 0.25) is 5.91 Å². The van der Waals surface area contributed by atoms with E-state index in [1.807, 2.05) is 6.07 Å². The minimum atomic E-state index is -0.314. The fraction of sp³-hybridized carbons (Fsp3) is 0.348. The van der Waals surface area contributed by atoms with Gasteiger partial charge in [-0.2, -0.15) is 0 Å². The van der Waals surface area contributed by atoms with Gasteiger partial charge in [-0.05, 0) is 35.4 Å². The second-order valence-electron chi connectivity index (χ2n) is 7.74. The highest BCUT2D eigenvalue weighted by atomic mass is 19.1. The Labute approximate surface area is 179 Å². The topological polar surface area (TPSA) is 63.1 Å². The predicted molar refractivity (Wildman–Crippen MR) is 112 cm³/mol. The molecule has 2 aromatic carbocycles. The van der Waals surface area contributed by atoms with Gasteiger partial charge in [0.15, 0.2) is 0 Å². The van der Waals surface area contributed by atoms with E-state index in [0.717, 1.165) is 48.8 Å². The number of fused-ring (bicyclic) bond motifs is 1. The summed E-state index contributed by atoms with van der Waals surface area (Å²) < 4.78 is 28.5. The fourth-order valence-corrected chi connectivity index (χ4v) is 3.83. The lowest BCUT2D eigenvalue weighted by molar-refractivity contribution is -0.120. The summed E-state index contributed by atoms with van der Waals surface area (Å²) in [7, 11) is 0. The Hall–Kier alpha value is -3.13. The summed E-state index contributed by atoms with van der Waals surface area (Å²) in [5.74, 6) is 1.15. The Balaban J connectivity index is 1.27. The molecule has 31 heavy (non-hydrogen) atoms. The molecule has 1 aliphatic rings. The number of halogens is 2. The lowest BCUT2D eigenvalue weighted by Crippen LogP contribution is -2.28. The highest BCUT2D eigenvalue weighted by Gasteiger charge is 2.19. The summed E-state index contributed by atoms with van der Waals surface area (Å²) in [4.78, 5) is 14.4. The van der Waals surface area contributed by atoms with Gasteiger partial charge < -0.3 is 9.88 Å². The third-order valence-corrected chi connectivity index (χ3v) is 5.44. The molecule has 0 radical (unpaired) electrons. The van der Waals surface area contributed by atoms with Crippen molar-refractivity contribution in [1.82, 2.24) is 25.0 Å². The molecule has 1 N–H and O–H groups in total. The Kier molecular flexibility index (Phi) is 6.66. The summed E-state index contributed by atoms with van der Waals surface area (Å²) in [6.07, 6.45) is 1.58. The Morgan fingerprint density at radius 1 is 0.968 bits per heavy atom. The van der Waals surface area contributed by atoms with E-state index in [2.05, 4.69) is 25.0 Å². The molecule has 0 bridgehead atoms. The van der Waals surface area contributed by atoms with E-state index in [1.54, 1.807) is 24.3 Å². The first-order chi connectivity index (χ1) is 15.1. The van der Waals surface area contributed by atoms with Crippen LogP contribution in [0.15, 0.2) is 48.5 Å². The molecule has 4 rings (SSSR count). The maximum atomic E-state index is 13.4. The average molecular weight is 425 g/mol. The van der Waals surface area contributed by atoms with Crippen molar-refractivity contribution in [3.8, 4) is 0 Å². The predicted octanol–water partition coefficient (Wildman–Crippen LogP) is 2.52. The zero-order valence-corrected chi connectivity index (χ0v) is 17.2. The summed E-state index contributed by atoms with van der Waals surface area (Å²) in [6, 6.07) is 12.6. The maximum absolute atomic E-state index is 13.4. The van der Waals surface area contributed by atoms with E-state index in [1.165, 1.54) is 18.2 Å². The van der Waals surface area contributed by atoms with Gasteiger partial charge in [-0.15, -0.1) is 10.2 Å². The zero-order chi connectivity index (χ0) is 21.6. The number of benzene rings is 2. The van der Waals surface area contributed by atoms with Gasteiger partial charge in [-0.3, -0.25) is 9.69 Å². The molecule has 0 atom stereocenters. The van der Waals surface area contributed by atoms with Crippen molar-refractivity contribution in [3.63, 3.8) is 0 Å². The van der Waals surface area contributed by atoms with Gasteiger partial charge in [0.1, 0.15) is 23.3 Å². The molecule has 0 aliphatic carbocycles. The first-order valence-corrected chi connectivity index (χ1v) is 10.5. The number of nitrogens with one attached hydrogen (secondary N) is 1. The zero-order valence-electron chi connectivity index (χ0n) is 17.2. The van der Waals surface area contributed by atoms with Gasteiger partial charge >= 0.3 is 0 Å². The molecule has 0 spiro atoms. The van der Waals surface area contributed by atoms with Crippen molar-refractivity contribution in [2.24, 2.45) is 0 Å². The third-order valence-electron chi connectivity index (χ3n) is 5.44. The van der Waals surface area contributed by atoms with E-state index in [9.17, 15) is 13.6 Å². The van der Waals surface area contributed by atoms with Gasteiger partial charge in [0.25, 0.3) is 0 Å². The van der Waals surface area contributed by atoms with Crippen LogP contribution in [-0.2, 0) is 37.1 Å². The first kappa shape index (κ1) is 21.1. The molecule has 2 heterocycles. The second-order valence-corrected chi connectivity index (χ2v) is 7.74. The highest BCUT2D eigenvalue weighted by molar-refractivity contribution is 5.78. The maximum Gasteiger partial charge on any atom is 0.224 e. The summed E-state index contributed by atoms with van der Waals surface area (Å²) in [6.45, 7) is 3.58. The summed E-state index contributed by atoms with van der Waals surface area (Å²) in [5.41, 5.74) is 1.73. The molecule has 0 saturated carbocycles. The van der Waals surface area contributed by atoms with Gasteiger partial charge in [-0.1, -0.05) is 24.3 Å². The molecule has 162 valence electrons. The molecule has 0 unspecified atom stereocenters. The van der Waals surface area contributed by atoms with Crippen molar-refractivity contribution < 1.29 is 13.6 Å². The third kappa shape index (κ3) is 5.73. The van der Waals surface area contributed by atoms with Crippen LogP contribution in [0, 0.1) is 11.6 Å². The number of hydrogen-bond acceptors (Lipinski definition) is 4. The number of carbonyl (C=O) groups excluding carboxylic acids is 1. The van der Waals surface area contributed by atoms with E-state index in [4.69, 9.17) is 0 Å². The van der Waals surface area contributed by atoms with Crippen LogP contribution in [0.4, 0.5) is 8.78 Å². The minimum Gasteiger partial charge on any atom is -0.355 e. The Morgan fingerprint density at radius 2 is 1.81 bits per heavy atom. The van der Waals surface area contributed by atoms with Crippen LogP contribution >= 0.6 is 0 Å². The minimum absolute atomic E-state index is 0.108. The van der Waals surface area contributed by atoms with Crippen molar-refractivity contribution in [3.05, 3.63) is 82.9 Å². The lowest BCUT2D eigenvalue weighted by Gasteiger charge is -2.19. The molecule has 1 aliphatic heterocycles. The number of carbonyl (C=O) groups is 1. The molecule has 6 nitrogen and oxygen atoms in total. The SMILES string of the molecule is O=C(Cc1ccc(F)cc1)NCCc1nnc2n1CCN(Cc1cccc(F)c1)CC2. The van der Waals surface area contributed by atoms with Gasteiger partial charge in [0, 0.05) is 45.6 Å². The summed E-state index contributed by atoms with van der Waals surface area (Å²) in [5, 5.41) is 11.5. The molecule has 0 saturated heterocycles. The Morgan fingerprint density at radius 3 is 2.61 bits per heavy atom. The number of amides is 1. The lowest BCUT2D eigenvalue weighted by atomic mass is 10.1. The molecule has 1 aromatic heterocycles. The van der Waals surface area contributed by atoms with Crippen LogP contribution in [0.2, 0.25) is 0 Å². The standard InChI is InChI=1S/C23H25F2N5O/c24-19-6-4-17(5-7-19)15-23(31)26-10-8-21-27-28-22-9-11-29(12-13-30(21)22)16-18-2-1-3-20(25)14-18/h1-7,14H,8-13,15-16H2,(H,26,31). The normalized spacial score (nSPS) is 14.1. The molecular weight excluding hydrogens is 400 g/mol. The fourth-order valence-electron chi connectivity index (χ4n) is 3.83. The van der Waals surface area contributed by atoms with Crippen LogP contribution in [-0.4, -0.2) is 45.2 Å². The number of hydrogen-bond donors (Lipinski definition) is 1. The van der Waals surface area contributed by atoms with Crippen LogP contribution in [0.1, 0.15) is 22.8 Å². The highest BCUT2D eigenvalue weighted by Crippen LogP contribution is 2.13. The van der Waals surface area contributed by atoms with Crippen molar-refractivity contribution in [2.75, 3.05) is 19.6 Å².